The van der Waals surface area contributed by atoms with Crippen molar-refractivity contribution in [3.05, 3.63) is 29.8 Å². The fourth-order valence-electron chi connectivity index (χ4n) is 1.92. The fourth-order valence-corrected chi connectivity index (χ4v) is 1.92. The lowest BCUT2D eigenvalue weighted by Gasteiger charge is -2.35. The quantitative estimate of drug-likeness (QED) is 0.441. The average Bonchev–Trinajstić information content (AvgIpc) is 2.48. The number of rotatable bonds is 7. The van der Waals surface area contributed by atoms with Gasteiger partial charge in [-0.2, -0.15) is 13.2 Å². The van der Waals surface area contributed by atoms with Gasteiger partial charge in [-0.15, -0.1) is 0 Å². The van der Waals surface area contributed by atoms with Gasteiger partial charge in [-0.05, 0) is 25.5 Å². The van der Waals surface area contributed by atoms with E-state index in [1.165, 1.54) is 12.2 Å². The predicted molar refractivity (Wildman–Crippen MR) is 78.5 cm³/mol. The number of ether oxygens (including phenoxy) is 1. The van der Waals surface area contributed by atoms with Gasteiger partial charge in [0.05, 0.1) is 12.3 Å². The second-order valence-electron chi connectivity index (χ2n) is 5.02. The van der Waals surface area contributed by atoms with Crippen molar-refractivity contribution in [2.24, 2.45) is 0 Å². The Balaban J connectivity index is 3.40. The molecule has 1 unspecified atom stereocenters. The predicted octanol–water partition coefficient (Wildman–Crippen LogP) is 3.11. The molecule has 0 bridgehead atoms. The van der Waals surface area contributed by atoms with Crippen molar-refractivity contribution >= 4 is 17.6 Å². The van der Waals surface area contributed by atoms with Crippen molar-refractivity contribution in [1.82, 2.24) is 5.32 Å². The van der Waals surface area contributed by atoms with E-state index in [0.29, 0.717) is 18.2 Å². The molecular weight excluding hydrogens is 351 g/mol. The van der Waals surface area contributed by atoms with E-state index in [9.17, 15) is 31.5 Å². The summed E-state index contributed by atoms with van der Waals surface area (Å²) in [6, 6.07) is 1.71. The van der Waals surface area contributed by atoms with Gasteiger partial charge in [0.2, 0.25) is 5.91 Å². The molecule has 1 aromatic rings. The molecule has 2 N–H and O–H groups in total. The van der Waals surface area contributed by atoms with Crippen molar-refractivity contribution in [3.63, 3.8) is 0 Å². The van der Waals surface area contributed by atoms with E-state index in [0.717, 1.165) is 0 Å². The summed E-state index contributed by atoms with van der Waals surface area (Å²) in [7, 11) is 0. The van der Waals surface area contributed by atoms with Crippen molar-refractivity contribution in [2.75, 3.05) is 11.9 Å². The SMILES string of the molecule is CCCC(=O)NC(Nc1ccc(F)cc1F)(C(=O)OCC)C(F)(F)F. The zero-order valence-electron chi connectivity index (χ0n) is 13.5. The lowest BCUT2D eigenvalue weighted by molar-refractivity contribution is -0.207. The Labute approximate surface area is 140 Å². The van der Waals surface area contributed by atoms with Crippen LogP contribution >= 0.6 is 0 Å². The fraction of sp³-hybridized carbons (Fsp3) is 0.467. The Morgan fingerprint density at radius 1 is 1.16 bits per heavy atom. The van der Waals surface area contributed by atoms with E-state index in [4.69, 9.17) is 0 Å². The molecule has 140 valence electrons. The number of halogens is 5. The lowest BCUT2D eigenvalue weighted by atomic mass is 10.1. The van der Waals surface area contributed by atoms with Crippen LogP contribution in [-0.4, -0.2) is 30.3 Å². The van der Waals surface area contributed by atoms with E-state index in [2.05, 4.69) is 4.74 Å². The topological polar surface area (TPSA) is 67.4 Å². The molecule has 25 heavy (non-hydrogen) atoms. The summed E-state index contributed by atoms with van der Waals surface area (Å²) >= 11 is 0. The van der Waals surface area contributed by atoms with Crippen molar-refractivity contribution in [3.8, 4) is 0 Å². The summed E-state index contributed by atoms with van der Waals surface area (Å²) in [5.41, 5.74) is -4.54. The molecule has 1 rings (SSSR count). The maximum absolute atomic E-state index is 13.8. The molecule has 0 aliphatic heterocycles. The number of nitrogens with one attached hydrogen (secondary N) is 2. The second-order valence-corrected chi connectivity index (χ2v) is 5.02. The molecule has 0 saturated heterocycles. The first-order valence-corrected chi connectivity index (χ1v) is 7.35. The Hall–Kier alpha value is -2.39. The molecule has 0 aliphatic carbocycles. The third-order valence-corrected chi connectivity index (χ3v) is 3.06. The Morgan fingerprint density at radius 3 is 2.28 bits per heavy atom. The molecule has 0 heterocycles. The summed E-state index contributed by atoms with van der Waals surface area (Å²) < 4.78 is 72.2. The van der Waals surface area contributed by atoms with Crippen LogP contribution in [0.25, 0.3) is 0 Å². The molecule has 0 radical (unpaired) electrons. The molecule has 1 amide bonds. The maximum Gasteiger partial charge on any atom is 0.441 e. The largest absolute Gasteiger partial charge is 0.463 e. The molecule has 10 heteroatoms. The van der Waals surface area contributed by atoms with Gasteiger partial charge in [-0.3, -0.25) is 4.79 Å². The molecule has 0 fully saturated rings. The van der Waals surface area contributed by atoms with Crippen molar-refractivity contribution in [1.29, 1.82) is 0 Å². The van der Waals surface area contributed by atoms with E-state index in [1.54, 1.807) is 12.2 Å². The number of carbonyl (C=O) groups excluding carboxylic acids is 2. The van der Waals surface area contributed by atoms with Crippen LogP contribution in [0.4, 0.5) is 27.6 Å². The van der Waals surface area contributed by atoms with Crippen LogP contribution in [0.15, 0.2) is 18.2 Å². The Bertz CT molecular complexity index is 636. The highest BCUT2D eigenvalue weighted by molar-refractivity contribution is 5.91. The number of amides is 1. The standard InChI is InChI=1S/C15H17F5N2O3/c1-3-5-12(23)22-14(15(18,19)20,13(24)25-4-2)21-11-7-6-9(16)8-10(11)17/h6-8,21H,3-5H2,1-2H3,(H,22,23). The van der Waals surface area contributed by atoms with Gasteiger partial charge >= 0.3 is 17.8 Å². The molecule has 0 aliphatic rings. The van der Waals surface area contributed by atoms with Gasteiger partial charge in [0.1, 0.15) is 11.6 Å². The molecule has 1 atom stereocenters. The van der Waals surface area contributed by atoms with E-state index < -0.39 is 47.6 Å². The monoisotopic (exact) mass is 368 g/mol. The van der Waals surface area contributed by atoms with E-state index in [1.807, 2.05) is 0 Å². The summed E-state index contributed by atoms with van der Waals surface area (Å²) in [6.07, 6.45) is -5.46. The lowest BCUT2D eigenvalue weighted by Crippen LogP contribution is -2.69. The van der Waals surface area contributed by atoms with Crippen LogP contribution in [0.5, 0.6) is 0 Å². The minimum absolute atomic E-state index is 0.216. The Kier molecular flexibility index (Phi) is 6.71. The van der Waals surface area contributed by atoms with Gasteiger partial charge in [0.15, 0.2) is 0 Å². The molecular formula is C15H17F5N2O3. The molecule has 0 aromatic heterocycles. The van der Waals surface area contributed by atoms with Crippen LogP contribution in [-0.2, 0) is 14.3 Å². The van der Waals surface area contributed by atoms with Gasteiger partial charge in [-0.1, -0.05) is 6.92 Å². The van der Waals surface area contributed by atoms with E-state index >= 15 is 0 Å². The minimum Gasteiger partial charge on any atom is -0.463 e. The molecule has 0 spiro atoms. The summed E-state index contributed by atoms with van der Waals surface area (Å²) in [6.45, 7) is 2.41. The highest BCUT2D eigenvalue weighted by Crippen LogP contribution is 2.34. The number of hydrogen-bond acceptors (Lipinski definition) is 4. The summed E-state index contributed by atoms with van der Waals surface area (Å²) in [4.78, 5) is 23.7. The Morgan fingerprint density at radius 2 is 1.80 bits per heavy atom. The van der Waals surface area contributed by atoms with Gasteiger partial charge in [-0.25, -0.2) is 13.6 Å². The molecule has 0 saturated carbocycles. The second kappa shape index (κ2) is 8.13. The number of anilines is 1. The van der Waals surface area contributed by atoms with Gasteiger partial charge < -0.3 is 15.4 Å². The first-order chi connectivity index (χ1) is 11.6. The van der Waals surface area contributed by atoms with Crippen molar-refractivity contribution in [2.45, 2.75) is 38.5 Å². The number of benzene rings is 1. The molecule has 5 nitrogen and oxygen atoms in total. The zero-order chi connectivity index (χ0) is 19.3. The van der Waals surface area contributed by atoms with Crippen LogP contribution < -0.4 is 10.6 Å². The number of esters is 1. The third-order valence-electron chi connectivity index (χ3n) is 3.06. The first kappa shape index (κ1) is 20.7. The minimum atomic E-state index is -5.37. The van der Waals surface area contributed by atoms with Crippen LogP contribution in [0.1, 0.15) is 26.7 Å². The normalized spacial score (nSPS) is 13.7. The number of hydrogen-bond donors (Lipinski definition) is 2. The van der Waals surface area contributed by atoms with Crippen LogP contribution in [0.3, 0.4) is 0 Å². The van der Waals surface area contributed by atoms with Gasteiger partial charge in [0.25, 0.3) is 0 Å². The highest BCUT2D eigenvalue weighted by Gasteiger charge is 2.63. The number of carbonyl (C=O) groups is 2. The third kappa shape index (κ3) is 4.80. The summed E-state index contributed by atoms with van der Waals surface area (Å²) in [5.74, 6) is -5.35. The van der Waals surface area contributed by atoms with Crippen molar-refractivity contribution < 1.29 is 36.3 Å². The highest BCUT2D eigenvalue weighted by atomic mass is 19.4. The number of alkyl halides is 3. The maximum atomic E-state index is 13.8. The average molecular weight is 368 g/mol. The summed E-state index contributed by atoms with van der Waals surface area (Å²) in [5, 5.41) is 3.17. The van der Waals surface area contributed by atoms with E-state index in [-0.39, 0.29) is 12.8 Å². The zero-order valence-corrected chi connectivity index (χ0v) is 13.5. The van der Waals surface area contributed by atoms with Crippen LogP contribution in [0.2, 0.25) is 0 Å². The van der Waals surface area contributed by atoms with Crippen LogP contribution in [0, 0.1) is 11.6 Å². The smallest absolute Gasteiger partial charge is 0.441 e. The molecule has 1 aromatic carbocycles. The van der Waals surface area contributed by atoms with Gasteiger partial charge in [0, 0.05) is 12.5 Å². The first-order valence-electron chi connectivity index (χ1n) is 7.35.